The molecule has 0 aromatic carbocycles. The molecule has 25 heavy (non-hydrogen) atoms. The van der Waals surface area contributed by atoms with E-state index < -0.39 is 0 Å². The number of alkyl halides is 2. The molecule has 0 amide bonds. The van der Waals surface area contributed by atoms with Crippen LogP contribution in [0.3, 0.4) is 0 Å². The molecule has 0 N–H and O–H groups in total. The summed E-state index contributed by atoms with van der Waals surface area (Å²) in [6, 6.07) is 0. The van der Waals surface area contributed by atoms with Crippen LogP contribution in [0.15, 0.2) is 0 Å². The number of hydrogen-bond acceptors (Lipinski definition) is 0. The number of unbranched alkanes of at least 4 members (excludes halogenated alkanes) is 19. The molecule has 0 spiro atoms. The van der Waals surface area contributed by atoms with Crippen LogP contribution < -0.4 is 0 Å². The van der Waals surface area contributed by atoms with Crippen molar-refractivity contribution in [3.05, 3.63) is 0 Å². The predicted molar refractivity (Wildman–Crippen MR) is 124 cm³/mol. The van der Waals surface area contributed by atoms with Crippen LogP contribution in [-0.2, 0) is 0 Å². The molecule has 152 valence electrons. The zero-order chi connectivity index (χ0) is 18.4. The van der Waals surface area contributed by atoms with Gasteiger partial charge >= 0.3 is 0 Å². The van der Waals surface area contributed by atoms with E-state index in [9.17, 15) is 0 Å². The highest BCUT2D eigenvalue weighted by Crippen LogP contribution is 2.18. The lowest BCUT2D eigenvalue weighted by atomic mass is 10.0. The summed E-state index contributed by atoms with van der Waals surface area (Å²) < 4.78 is 0.524. The molecule has 0 aliphatic heterocycles. The standard InChI is InChI=1S/C23H46Br2/c1-2-3-4-5-6-7-8-9-10-11-12-13-14-15-16-17-18-19-20-21-22-23(24)25/h23H,2-22H2,1H3. The number of hydrogen-bond donors (Lipinski definition) is 0. The third-order valence-corrected chi connectivity index (χ3v) is 6.19. The van der Waals surface area contributed by atoms with Gasteiger partial charge in [0.05, 0.1) is 3.74 Å². The van der Waals surface area contributed by atoms with Gasteiger partial charge in [-0.3, -0.25) is 0 Å². The highest BCUT2D eigenvalue weighted by atomic mass is 79.9. The van der Waals surface area contributed by atoms with E-state index in [-0.39, 0.29) is 0 Å². The average molecular weight is 482 g/mol. The monoisotopic (exact) mass is 480 g/mol. The Balaban J connectivity index is 2.96. The maximum Gasteiger partial charge on any atom is 0.0697 e. The quantitative estimate of drug-likeness (QED) is 0.113. The summed E-state index contributed by atoms with van der Waals surface area (Å²) >= 11 is 7.09. The zero-order valence-corrected chi connectivity index (χ0v) is 20.4. The van der Waals surface area contributed by atoms with E-state index in [1.54, 1.807) is 0 Å². The van der Waals surface area contributed by atoms with Crippen LogP contribution in [0.2, 0.25) is 0 Å². The lowest BCUT2D eigenvalue weighted by Gasteiger charge is -2.04. The largest absolute Gasteiger partial charge is 0.0765 e. The fourth-order valence-corrected chi connectivity index (χ4v) is 4.20. The minimum atomic E-state index is 0.524. The van der Waals surface area contributed by atoms with Crippen molar-refractivity contribution in [1.82, 2.24) is 0 Å². The molecule has 0 radical (unpaired) electrons. The fourth-order valence-electron chi connectivity index (χ4n) is 3.55. The van der Waals surface area contributed by atoms with Gasteiger partial charge in [0.1, 0.15) is 0 Å². The minimum absolute atomic E-state index is 0.524. The van der Waals surface area contributed by atoms with E-state index in [1.165, 1.54) is 135 Å². The smallest absolute Gasteiger partial charge is 0.0697 e. The van der Waals surface area contributed by atoms with Crippen molar-refractivity contribution in [3.63, 3.8) is 0 Å². The SMILES string of the molecule is CCCCCCCCCCCCCCCCCCCCCCC(Br)Br. The van der Waals surface area contributed by atoms with Gasteiger partial charge in [-0.15, -0.1) is 0 Å². The molecular weight excluding hydrogens is 436 g/mol. The molecule has 0 bridgehead atoms. The van der Waals surface area contributed by atoms with Gasteiger partial charge in [0, 0.05) is 0 Å². The lowest BCUT2D eigenvalue weighted by molar-refractivity contribution is 0.521. The van der Waals surface area contributed by atoms with Gasteiger partial charge in [-0.2, -0.15) is 0 Å². The Labute approximate surface area is 177 Å². The van der Waals surface area contributed by atoms with Crippen LogP contribution in [0, 0.1) is 0 Å². The maximum atomic E-state index is 3.55. The second-order valence-corrected chi connectivity index (χ2v) is 11.3. The summed E-state index contributed by atoms with van der Waals surface area (Å²) in [5.74, 6) is 0. The van der Waals surface area contributed by atoms with Crippen molar-refractivity contribution in [3.8, 4) is 0 Å². The van der Waals surface area contributed by atoms with Gasteiger partial charge in [0.2, 0.25) is 0 Å². The first-order chi connectivity index (χ1) is 12.3. The van der Waals surface area contributed by atoms with Crippen molar-refractivity contribution >= 4 is 31.9 Å². The van der Waals surface area contributed by atoms with Gasteiger partial charge < -0.3 is 0 Å². The van der Waals surface area contributed by atoms with Gasteiger partial charge in [-0.05, 0) is 6.42 Å². The van der Waals surface area contributed by atoms with Crippen LogP contribution in [-0.4, -0.2) is 3.74 Å². The molecule has 0 nitrogen and oxygen atoms in total. The van der Waals surface area contributed by atoms with Crippen molar-refractivity contribution in [2.45, 2.75) is 145 Å². The van der Waals surface area contributed by atoms with E-state index in [0.717, 1.165) is 0 Å². The number of rotatable bonds is 21. The fraction of sp³-hybridized carbons (Fsp3) is 1.00. The molecule has 0 heterocycles. The molecule has 0 aliphatic carbocycles. The van der Waals surface area contributed by atoms with E-state index >= 15 is 0 Å². The van der Waals surface area contributed by atoms with Crippen molar-refractivity contribution in [2.75, 3.05) is 0 Å². The topological polar surface area (TPSA) is 0 Å². The third kappa shape index (κ3) is 25.0. The molecule has 0 aromatic heterocycles. The Bertz CT molecular complexity index is 228. The lowest BCUT2D eigenvalue weighted by Crippen LogP contribution is -1.86. The molecule has 0 fully saturated rings. The van der Waals surface area contributed by atoms with Crippen LogP contribution in [0.5, 0.6) is 0 Å². The first-order valence-corrected chi connectivity index (χ1v) is 13.4. The van der Waals surface area contributed by atoms with E-state index in [4.69, 9.17) is 0 Å². The molecule has 0 saturated heterocycles. The maximum absolute atomic E-state index is 3.55. The molecule has 0 atom stereocenters. The Hall–Kier alpha value is 0.960. The summed E-state index contributed by atoms with van der Waals surface area (Å²) in [5, 5.41) is 0. The Morgan fingerprint density at radius 3 is 0.880 bits per heavy atom. The molecular formula is C23H46Br2. The molecule has 0 saturated carbocycles. The summed E-state index contributed by atoms with van der Waals surface area (Å²) in [4.78, 5) is 0. The Kier molecular flexibility index (Phi) is 23.9. The Morgan fingerprint density at radius 2 is 0.640 bits per heavy atom. The molecule has 0 rings (SSSR count). The van der Waals surface area contributed by atoms with Gasteiger partial charge in [-0.25, -0.2) is 0 Å². The van der Waals surface area contributed by atoms with Crippen LogP contribution in [0.1, 0.15) is 142 Å². The number of halogens is 2. The van der Waals surface area contributed by atoms with Gasteiger partial charge in [-0.1, -0.05) is 167 Å². The Morgan fingerprint density at radius 1 is 0.400 bits per heavy atom. The van der Waals surface area contributed by atoms with Crippen LogP contribution >= 0.6 is 31.9 Å². The van der Waals surface area contributed by atoms with Gasteiger partial charge in [0.25, 0.3) is 0 Å². The molecule has 0 aliphatic rings. The van der Waals surface area contributed by atoms with Crippen molar-refractivity contribution in [2.24, 2.45) is 0 Å². The third-order valence-electron chi connectivity index (χ3n) is 5.28. The summed E-state index contributed by atoms with van der Waals surface area (Å²) in [6.45, 7) is 2.30. The highest BCUT2D eigenvalue weighted by Gasteiger charge is 1.98. The van der Waals surface area contributed by atoms with E-state index in [1.807, 2.05) is 0 Å². The molecule has 0 unspecified atom stereocenters. The summed E-state index contributed by atoms with van der Waals surface area (Å²) in [6.07, 6.45) is 30.4. The normalized spacial score (nSPS) is 11.5. The van der Waals surface area contributed by atoms with Gasteiger partial charge in [0.15, 0.2) is 0 Å². The average Bonchev–Trinajstić information content (AvgIpc) is 2.60. The summed E-state index contributed by atoms with van der Waals surface area (Å²) in [7, 11) is 0. The van der Waals surface area contributed by atoms with Crippen LogP contribution in [0.4, 0.5) is 0 Å². The molecule has 0 aromatic rings. The zero-order valence-electron chi connectivity index (χ0n) is 17.2. The highest BCUT2D eigenvalue weighted by molar-refractivity contribution is 9.24. The minimum Gasteiger partial charge on any atom is -0.0765 e. The van der Waals surface area contributed by atoms with Crippen molar-refractivity contribution in [1.29, 1.82) is 0 Å². The predicted octanol–water partition coefficient (Wildman–Crippen LogP) is 10.3. The first-order valence-electron chi connectivity index (χ1n) is 11.6. The second-order valence-electron chi connectivity index (χ2n) is 7.90. The molecule has 2 heteroatoms. The summed E-state index contributed by atoms with van der Waals surface area (Å²) in [5.41, 5.74) is 0. The first kappa shape index (κ1) is 26.0. The van der Waals surface area contributed by atoms with E-state index in [2.05, 4.69) is 38.8 Å². The van der Waals surface area contributed by atoms with E-state index in [0.29, 0.717) is 3.74 Å². The van der Waals surface area contributed by atoms with Crippen molar-refractivity contribution < 1.29 is 0 Å². The van der Waals surface area contributed by atoms with Crippen LogP contribution in [0.25, 0.3) is 0 Å². The second kappa shape index (κ2) is 23.0.